The third-order valence-corrected chi connectivity index (χ3v) is 5.27. The first kappa shape index (κ1) is 14.1. The number of carbonyl (C=O) groups excluding carboxylic acids is 1. The molecule has 1 aromatic carbocycles. The summed E-state index contributed by atoms with van der Waals surface area (Å²) in [6, 6.07) is 7.23. The summed E-state index contributed by atoms with van der Waals surface area (Å²) in [7, 11) is -2.97. The number of sulfone groups is 1. The number of rotatable bonds is 3. The monoisotopic (exact) mass is 281 g/mol. The first-order valence-electron chi connectivity index (χ1n) is 6.51. The van der Waals surface area contributed by atoms with Crippen LogP contribution in [0.15, 0.2) is 24.3 Å². The highest BCUT2D eigenvalue weighted by Crippen LogP contribution is 2.20. The Kier molecular flexibility index (Phi) is 3.94. The van der Waals surface area contributed by atoms with Gasteiger partial charge in [0.1, 0.15) is 0 Å². The fraction of sp³-hybridized carbons (Fsp3) is 0.500. The minimum Gasteiger partial charge on any atom is -0.335 e. The smallest absolute Gasteiger partial charge is 0.254 e. The van der Waals surface area contributed by atoms with Crippen LogP contribution in [0.1, 0.15) is 29.3 Å². The molecule has 1 heterocycles. The highest BCUT2D eigenvalue weighted by atomic mass is 32.2. The van der Waals surface area contributed by atoms with Crippen molar-refractivity contribution in [1.82, 2.24) is 4.90 Å². The summed E-state index contributed by atoms with van der Waals surface area (Å²) in [5.74, 6) is 0.210. The van der Waals surface area contributed by atoms with E-state index in [-0.39, 0.29) is 23.5 Å². The van der Waals surface area contributed by atoms with E-state index in [0.29, 0.717) is 18.5 Å². The van der Waals surface area contributed by atoms with Gasteiger partial charge in [-0.1, -0.05) is 17.7 Å². The second kappa shape index (κ2) is 5.33. The summed E-state index contributed by atoms with van der Waals surface area (Å²) in [5.41, 5.74) is 1.66. The molecule has 0 radical (unpaired) electrons. The van der Waals surface area contributed by atoms with E-state index in [0.717, 1.165) is 5.56 Å². The zero-order chi connectivity index (χ0) is 14.0. The molecule has 1 fully saturated rings. The second-order valence-corrected chi connectivity index (χ2v) is 7.25. The fourth-order valence-electron chi connectivity index (χ4n) is 2.53. The zero-order valence-electron chi connectivity index (χ0n) is 11.3. The molecule has 2 rings (SSSR count). The molecule has 4 nitrogen and oxygen atoms in total. The predicted molar refractivity (Wildman–Crippen MR) is 74.9 cm³/mol. The standard InChI is InChI=1S/C14H19NO3S/c1-3-15(13-7-8-19(17,18)10-13)14(16)12-6-4-5-11(2)9-12/h4-6,9,13H,3,7-8,10H2,1-2H3/t13-/m0/s1. The molecular formula is C14H19NO3S. The van der Waals surface area contributed by atoms with Gasteiger partial charge in [0.05, 0.1) is 11.5 Å². The van der Waals surface area contributed by atoms with E-state index in [1.165, 1.54) is 0 Å². The van der Waals surface area contributed by atoms with Crippen molar-refractivity contribution in [1.29, 1.82) is 0 Å². The Balaban J connectivity index is 2.21. The summed E-state index contributed by atoms with van der Waals surface area (Å²) in [6.07, 6.45) is 0.549. The van der Waals surface area contributed by atoms with Gasteiger partial charge in [-0.15, -0.1) is 0 Å². The Morgan fingerprint density at radius 2 is 2.16 bits per heavy atom. The van der Waals surface area contributed by atoms with Gasteiger partial charge in [0, 0.05) is 18.2 Å². The van der Waals surface area contributed by atoms with Crippen LogP contribution in [0.25, 0.3) is 0 Å². The lowest BCUT2D eigenvalue weighted by Crippen LogP contribution is -2.41. The molecule has 1 aromatic rings. The molecule has 0 unspecified atom stereocenters. The van der Waals surface area contributed by atoms with Gasteiger partial charge in [-0.25, -0.2) is 8.42 Å². The number of hydrogen-bond donors (Lipinski definition) is 0. The van der Waals surface area contributed by atoms with Crippen molar-refractivity contribution in [2.75, 3.05) is 18.1 Å². The third kappa shape index (κ3) is 3.15. The van der Waals surface area contributed by atoms with Gasteiger partial charge in [-0.2, -0.15) is 0 Å². The molecule has 104 valence electrons. The van der Waals surface area contributed by atoms with Crippen LogP contribution in [0.3, 0.4) is 0 Å². The molecule has 0 bridgehead atoms. The second-order valence-electron chi connectivity index (χ2n) is 5.02. The normalized spacial score (nSPS) is 21.3. The minimum absolute atomic E-state index is 0.0756. The van der Waals surface area contributed by atoms with Crippen LogP contribution in [0.4, 0.5) is 0 Å². The van der Waals surface area contributed by atoms with E-state index < -0.39 is 9.84 Å². The Morgan fingerprint density at radius 1 is 1.42 bits per heavy atom. The van der Waals surface area contributed by atoms with Crippen LogP contribution < -0.4 is 0 Å². The van der Waals surface area contributed by atoms with Crippen LogP contribution in [0.2, 0.25) is 0 Å². The highest BCUT2D eigenvalue weighted by molar-refractivity contribution is 7.91. The highest BCUT2D eigenvalue weighted by Gasteiger charge is 2.34. The minimum atomic E-state index is -2.97. The molecular weight excluding hydrogens is 262 g/mol. The molecule has 0 spiro atoms. The van der Waals surface area contributed by atoms with Crippen molar-refractivity contribution in [3.63, 3.8) is 0 Å². The molecule has 1 saturated heterocycles. The van der Waals surface area contributed by atoms with Crippen molar-refractivity contribution >= 4 is 15.7 Å². The summed E-state index contributed by atoms with van der Waals surface area (Å²) >= 11 is 0. The molecule has 0 aromatic heterocycles. The largest absolute Gasteiger partial charge is 0.335 e. The molecule has 19 heavy (non-hydrogen) atoms. The van der Waals surface area contributed by atoms with Gasteiger partial charge in [-0.3, -0.25) is 4.79 Å². The molecule has 1 aliphatic rings. The van der Waals surface area contributed by atoms with E-state index in [1.807, 2.05) is 32.0 Å². The van der Waals surface area contributed by atoms with Crippen LogP contribution >= 0.6 is 0 Å². The zero-order valence-corrected chi connectivity index (χ0v) is 12.1. The van der Waals surface area contributed by atoms with Crippen LogP contribution in [-0.4, -0.2) is 43.3 Å². The Labute approximate surface area is 114 Å². The van der Waals surface area contributed by atoms with E-state index in [9.17, 15) is 13.2 Å². The number of hydrogen-bond acceptors (Lipinski definition) is 3. The van der Waals surface area contributed by atoms with E-state index in [2.05, 4.69) is 0 Å². The van der Waals surface area contributed by atoms with Crippen molar-refractivity contribution < 1.29 is 13.2 Å². The van der Waals surface area contributed by atoms with Crippen molar-refractivity contribution in [2.24, 2.45) is 0 Å². The molecule has 5 heteroatoms. The summed E-state index contributed by atoms with van der Waals surface area (Å²) in [6.45, 7) is 4.36. The first-order chi connectivity index (χ1) is 8.93. The average molecular weight is 281 g/mol. The topological polar surface area (TPSA) is 54.5 Å². The molecule has 0 aliphatic carbocycles. The van der Waals surface area contributed by atoms with Gasteiger partial charge < -0.3 is 4.90 Å². The molecule has 0 N–H and O–H groups in total. The molecule has 1 atom stereocenters. The Morgan fingerprint density at radius 3 is 2.68 bits per heavy atom. The lowest BCUT2D eigenvalue weighted by atomic mass is 10.1. The number of carbonyl (C=O) groups is 1. The lowest BCUT2D eigenvalue weighted by Gasteiger charge is -2.27. The average Bonchev–Trinajstić information content (AvgIpc) is 2.70. The van der Waals surface area contributed by atoms with Gasteiger partial charge in [-0.05, 0) is 32.4 Å². The molecule has 0 saturated carbocycles. The summed E-state index contributed by atoms with van der Waals surface area (Å²) < 4.78 is 23.1. The maximum Gasteiger partial charge on any atom is 0.254 e. The van der Waals surface area contributed by atoms with E-state index in [1.54, 1.807) is 11.0 Å². The van der Waals surface area contributed by atoms with Crippen LogP contribution in [-0.2, 0) is 9.84 Å². The van der Waals surface area contributed by atoms with Crippen LogP contribution in [0.5, 0.6) is 0 Å². The quantitative estimate of drug-likeness (QED) is 0.846. The van der Waals surface area contributed by atoms with Gasteiger partial charge in [0.15, 0.2) is 9.84 Å². The van der Waals surface area contributed by atoms with Crippen molar-refractivity contribution in [3.05, 3.63) is 35.4 Å². The Hall–Kier alpha value is -1.36. The Bertz CT molecular complexity index is 580. The fourth-order valence-corrected chi connectivity index (χ4v) is 4.26. The van der Waals surface area contributed by atoms with Gasteiger partial charge in [0.2, 0.25) is 0 Å². The van der Waals surface area contributed by atoms with Crippen molar-refractivity contribution in [3.8, 4) is 0 Å². The maximum atomic E-state index is 12.5. The SMILES string of the molecule is CCN(C(=O)c1cccc(C)c1)[C@H]1CCS(=O)(=O)C1. The molecule has 1 aliphatic heterocycles. The maximum absolute atomic E-state index is 12.5. The number of benzene rings is 1. The number of nitrogens with zero attached hydrogens (tertiary/aromatic N) is 1. The van der Waals surface area contributed by atoms with Crippen LogP contribution in [0, 0.1) is 6.92 Å². The third-order valence-electron chi connectivity index (χ3n) is 3.52. The van der Waals surface area contributed by atoms with Gasteiger partial charge >= 0.3 is 0 Å². The lowest BCUT2D eigenvalue weighted by molar-refractivity contribution is 0.0708. The first-order valence-corrected chi connectivity index (χ1v) is 8.33. The van der Waals surface area contributed by atoms with Gasteiger partial charge in [0.25, 0.3) is 5.91 Å². The predicted octanol–water partition coefficient (Wildman–Crippen LogP) is 1.64. The molecule has 1 amide bonds. The van der Waals surface area contributed by atoms with Crippen molar-refractivity contribution in [2.45, 2.75) is 26.3 Å². The summed E-state index contributed by atoms with van der Waals surface area (Å²) in [4.78, 5) is 14.1. The van der Waals surface area contributed by atoms with E-state index >= 15 is 0 Å². The van der Waals surface area contributed by atoms with E-state index in [4.69, 9.17) is 0 Å². The summed E-state index contributed by atoms with van der Waals surface area (Å²) in [5, 5.41) is 0. The number of amides is 1. The number of aryl methyl sites for hydroxylation is 1.